The lowest BCUT2D eigenvalue weighted by molar-refractivity contribution is 0.601. The summed E-state index contributed by atoms with van der Waals surface area (Å²) >= 11 is 6.26. The van der Waals surface area contributed by atoms with Crippen molar-refractivity contribution in [2.45, 2.75) is 52.4 Å². The highest BCUT2D eigenvalue weighted by Crippen LogP contribution is 2.23. The zero-order valence-corrected chi connectivity index (χ0v) is 12.0. The zero-order valence-electron chi connectivity index (χ0n) is 11.3. The first-order valence-electron chi connectivity index (χ1n) is 6.74. The maximum absolute atomic E-state index is 6.26. The van der Waals surface area contributed by atoms with Crippen LogP contribution in [0, 0.1) is 0 Å². The van der Waals surface area contributed by atoms with Gasteiger partial charge in [-0.1, -0.05) is 38.8 Å². The van der Waals surface area contributed by atoms with E-state index in [1.165, 1.54) is 5.56 Å². The Kier molecular flexibility index (Phi) is 4.23. The number of halogens is 1. The molecule has 0 aliphatic rings. The minimum atomic E-state index is 0.426. The fourth-order valence-electron chi connectivity index (χ4n) is 2.27. The number of aromatic nitrogens is 3. The normalized spacial score (nSPS) is 11.6. The highest BCUT2D eigenvalue weighted by Gasteiger charge is 2.14. The molecule has 2 aromatic rings. The maximum atomic E-state index is 6.26. The number of hydrogen-bond donors (Lipinski definition) is 0. The van der Waals surface area contributed by atoms with E-state index in [9.17, 15) is 0 Å². The van der Waals surface area contributed by atoms with Crippen molar-refractivity contribution in [3.8, 4) is 0 Å². The molecule has 0 aliphatic carbocycles. The monoisotopic (exact) mass is 265 g/mol. The number of nitrogens with zero attached hydrogens (tertiary/aromatic N) is 3. The summed E-state index contributed by atoms with van der Waals surface area (Å²) in [5.41, 5.74) is 2.10. The molecule has 18 heavy (non-hydrogen) atoms. The fourth-order valence-corrected chi connectivity index (χ4v) is 2.54. The van der Waals surface area contributed by atoms with Gasteiger partial charge in [0, 0.05) is 5.92 Å². The molecule has 2 rings (SSSR count). The number of hydrogen-bond acceptors (Lipinski definition) is 2. The van der Waals surface area contributed by atoms with Crippen molar-refractivity contribution in [3.63, 3.8) is 0 Å². The number of rotatable bonds is 5. The molecule has 0 amide bonds. The molecule has 0 saturated heterocycles. The summed E-state index contributed by atoms with van der Waals surface area (Å²) in [5, 5.41) is 5.18. The molecule has 0 atom stereocenters. The van der Waals surface area contributed by atoms with Gasteiger partial charge in [-0.25, -0.2) is 9.50 Å². The van der Waals surface area contributed by atoms with E-state index < -0.39 is 0 Å². The Morgan fingerprint density at radius 2 is 1.94 bits per heavy atom. The SMILES string of the molecule is CCCc1cc(Cl)n2nc(C(CC)CC)nc2c1. The number of fused-ring (bicyclic) bond motifs is 1. The van der Waals surface area contributed by atoms with E-state index >= 15 is 0 Å². The molecule has 0 radical (unpaired) electrons. The van der Waals surface area contributed by atoms with E-state index in [2.05, 4.69) is 36.9 Å². The summed E-state index contributed by atoms with van der Waals surface area (Å²) in [6, 6.07) is 4.08. The van der Waals surface area contributed by atoms with E-state index in [1.54, 1.807) is 4.52 Å². The molecule has 2 aromatic heterocycles. The highest BCUT2D eigenvalue weighted by molar-refractivity contribution is 6.29. The van der Waals surface area contributed by atoms with Gasteiger partial charge < -0.3 is 0 Å². The van der Waals surface area contributed by atoms with E-state index in [-0.39, 0.29) is 0 Å². The average Bonchev–Trinajstić information content (AvgIpc) is 2.75. The van der Waals surface area contributed by atoms with E-state index in [4.69, 9.17) is 11.6 Å². The summed E-state index contributed by atoms with van der Waals surface area (Å²) in [7, 11) is 0. The minimum absolute atomic E-state index is 0.426. The third-order valence-electron chi connectivity index (χ3n) is 3.36. The van der Waals surface area contributed by atoms with Crippen LogP contribution in [0.15, 0.2) is 12.1 Å². The maximum Gasteiger partial charge on any atom is 0.157 e. The Balaban J connectivity index is 2.46. The van der Waals surface area contributed by atoms with Crippen molar-refractivity contribution in [2.24, 2.45) is 0 Å². The van der Waals surface area contributed by atoms with Crippen LogP contribution in [0.1, 0.15) is 57.3 Å². The molecule has 0 spiro atoms. The molecular weight excluding hydrogens is 246 g/mol. The fraction of sp³-hybridized carbons (Fsp3) is 0.571. The summed E-state index contributed by atoms with van der Waals surface area (Å²) in [6.45, 7) is 6.51. The van der Waals surface area contributed by atoms with Crippen molar-refractivity contribution in [2.75, 3.05) is 0 Å². The zero-order chi connectivity index (χ0) is 13.1. The Morgan fingerprint density at radius 1 is 1.22 bits per heavy atom. The quantitative estimate of drug-likeness (QED) is 0.757. The summed E-state index contributed by atoms with van der Waals surface area (Å²) in [6.07, 6.45) is 4.27. The topological polar surface area (TPSA) is 30.2 Å². The van der Waals surface area contributed by atoms with Gasteiger partial charge >= 0.3 is 0 Å². The first-order chi connectivity index (χ1) is 8.69. The van der Waals surface area contributed by atoms with Crippen LogP contribution in [-0.2, 0) is 6.42 Å². The second-order valence-corrected chi connectivity index (χ2v) is 5.08. The summed E-state index contributed by atoms with van der Waals surface area (Å²) in [4.78, 5) is 4.63. The number of pyridine rings is 1. The second kappa shape index (κ2) is 5.70. The Hall–Kier alpha value is -1.09. The van der Waals surface area contributed by atoms with E-state index in [1.807, 2.05) is 6.07 Å². The van der Waals surface area contributed by atoms with Crippen LogP contribution in [0.3, 0.4) is 0 Å². The molecule has 0 bridgehead atoms. The predicted octanol–water partition coefficient (Wildman–Crippen LogP) is 4.24. The van der Waals surface area contributed by atoms with Crippen LogP contribution in [0.25, 0.3) is 5.65 Å². The summed E-state index contributed by atoms with van der Waals surface area (Å²) < 4.78 is 1.74. The number of aryl methyl sites for hydroxylation is 1. The van der Waals surface area contributed by atoms with Crippen LogP contribution < -0.4 is 0 Å². The van der Waals surface area contributed by atoms with Crippen LogP contribution in [0.5, 0.6) is 0 Å². The van der Waals surface area contributed by atoms with Gasteiger partial charge in [-0.15, -0.1) is 5.10 Å². The minimum Gasteiger partial charge on any atom is -0.212 e. The Morgan fingerprint density at radius 3 is 2.56 bits per heavy atom. The van der Waals surface area contributed by atoms with Crippen molar-refractivity contribution in [1.29, 1.82) is 0 Å². The van der Waals surface area contributed by atoms with E-state index in [0.29, 0.717) is 11.1 Å². The lowest BCUT2D eigenvalue weighted by Crippen LogP contribution is -1.98. The molecule has 0 saturated carbocycles. The second-order valence-electron chi connectivity index (χ2n) is 4.69. The van der Waals surface area contributed by atoms with Crippen LogP contribution in [0.2, 0.25) is 5.15 Å². The third kappa shape index (κ3) is 2.51. The molecule has 98 valence electrons. The van der Waals surface area contributed by atoms with Crippen molar-refractivity contribution >= 4 is 17.2 Å². The standard InChI is InChI=1S/C14H20ClN3/c1-4-7-10-8-12(15)18-13(9-10)16-14(17-18)11(5-2)6-3/h8-9,11H,4-7H2,1-3H3. The van der Waals surface area contributed by atoms with Gasteiger partial charge in [0.05, 0.1) is 0 Å². The van der Waals surface area contributed by atoms with E-state index in [0.717, 1.165) is 37.2 Å². The van der Waals surface area contributed by atoms with Gasteiger partial charge in [-0.2, -0.15) is 0 Å². The van der Waals surface area contributed by atoms with Gasteiger partial charge in [-0.3, -0.25) is 0 Å². The predicted molar refractivity (Wildman–Crippen MR) is 75.3 cm³/mol. The third-order valence-corrected chi connectivity index (χ3v) is 3.63. The molecule has 0 fully saturated rings. The van der Waals surface area contributed by atoms with Crippen molar-refractivity contribution in [3.05, 3.63) is 28.7 Å². The van der Waals surface area contributed by atoms with Crippen molar-refractivity contribution < 1.29 is 0 Å². The lowest BCUT2D eigenvalue weighted by Gasteiger charge is -2.05. The van der Waals surface area contributed by atoms with Crippen LogP contribution >= 0.6 is 11.6 Å². The molecule has 0 N–H and O–H groups in total. The summed E-state index contributed by atoms with van der Waals surface area (Å²) in [5.74, 6) is 1.34. The first-order valence-corrected chi connectivity index (χ1v) is 7.12. The van der Waals surface area contributed by atoms with Gasteiger partial charge in [0.1, 0.15) is 5.15 Å². The molecule has 4 heteroatoms. The van der Waals surface area contributed by atoms with Gasteiger partial charge in [0.25, 0.3) is 0 Å². The average molecular weight is 266 g/mol. The van der Waals surface area contributed by atoms with Crippen LogP contribution in [-0.4, -0.2) is 14.6 Å². The lowest BCUT2D eigenvalue weighted by atomic mass is 10.0. The molecule has 0 unspecified atom stereocenters. The Bertz CT molecular complexity index is 529. The molecule has 3 nitrogen and oxygen atoms in total. The smallest absolute Gasteiger partial charge is 0.157 e. The van der Waals surface area contributed by atoms with Gasteiger partial charge in [0.2, 0.25) is 0 Å². The first kappa shape index (κ1) is 13.3. The largest absolute Gasteiger partial charge is 0.212 e. The molecule has 0 aromatic carbocycles. The van der Waals surface area contributed by atoms with Crippen LogP contribution in [0.4, 0.5) is 0 Å². The molecule has 0 aliphatic heterocycles. The van der Waals surface area contributed by atoms with Crippen molar-refractivity contribution in [1.82, 2.24) is 14.6 Å². The van der Waals surface area contributed by atoms with Gasteiger partial charge in [0.15, 0.2) is 11.5 Å². The molecule has 2 heterocycles. The Labute approximate surface area is 113 Å². The van der Waals surface area contributed by atoms with Gasteiger partial charge in [-0.05, 0) is 37.0 Å². The molecular formula is C14H20ClN3. The highest BCUT2D eigenvalue weighted by atomic mass is 35.5.